The van der Waals surface area contributed by atoms with E-state index in [1.54, 1.807) is 0 Å². The van der Waals surface area contributed by atoms with E-state index in [-0.39, 0.29) is 5.92 Å². The molecule has 1 aliphatic carbocycles. The van der Waals surface area contributed by atoms with E-state index >= 15 is 0 Å². The number of hydrogen-bond acceptors (Lipinski definition) is 2. The van der Waals surface area contributed by atoms with Crippen LogP contribution in [0.4, 0.5) is 5.69 Å². The molecule has 0 saturated carbocycles. The van der Waals surface area contributed by atoms with Crippen LogP contribution < -0.4 is 0 Å². The van der Waals surface area contributed by atoms with Crippen molar-refractivity contribution in [2.75, 3.05) is 0 Å². The van der Waals surface area contributed by atoms with Crippen molar-refractivity contribution in [2.45, 2.75) is 19.3 Å². The van der Waals surface area contributed by atoms with Gasteiger partial charge in [-0.15, -0.1) is 0 Å². The van der Waals surface area contributed by atoms with E-state index < -0.39 is 0 Å². The molecule has 2 aliphatic rings. The van der Waals surface area contributed by atoms with Gasteiger partial charge >= 0.3 is 0 Å². The van der Waals surface area contributed by atoms with Gasteiger partial charge in [-0.1, -0.05) is 121 Å². The summed E-state index contributed by atoms with van der Waals surface area (Å²) >= 11 is 0. The first-order valence-corrected chi connectivity index (χ1v) is 14.3. The SMILES string of the molecule is CC1=C(c2ccccc2Cc2cc(-c3ccccc3)c3ccc4ccccc4c3n2)C=CC2C1=Nc1ccccc12. The number of aliphatic imine (C=N–C) groups is 1. The highest BCUT2D eigenvalue weighted by Crippen LogP contribution is 2.43. The van der Waals surface area contributed by atoms with E-state index in [0.29, 0.717) is 0 Å². The summed E-state index contributed by atoms with van der Waals surface area (Å²) in [6.07, 6.45) is 5.37. The molecule has 1 aliphatic heterocycles. The molecular formula is C39H28N2. The van der Waals surface area contributed by atoms with Crippen molar-refractivity contribution < 1.29 is 0 Å². The fraction of sp³-hybridized carbons (Fsp3) is 0.0769. The number of fused-ring (bicyclic) bond motifs is 6. The molecule has 8 rings (SSSR count). The third-order valence-corrected chi connectivity index (χ3v) is 8.57. The lowest BCUT2D eigenvalue weighted by Gasteiger charge is -2.21. The van der Waals surface area contributed by atoms with Gasteiger partial charge in [0.2, 0.25) is 0 Å². The zero-order chi connectivity index (χ0) is 27.3. The number of pyridine rings is 1. The minimum absolute atomic E-state index is 0.242. The highest BCUT2D eigenvalue weighted by molar-refractivity contribution is 6.17. The minimum atomic E-state index is 0.242. The Morgan fingerprint density at radius 2 is 1.46 bits per heavy atom. The van der Waals surface area contributed by atoms with E-state index in [1.807, 2.05) is 0 Å². The van der Waals surface area contributed by atoms with Gasteiger partial charge in [0.1, 0.15) is 0 Å². The monoisotopic (exact) mass is 524 g/mol. The minimum Gasteiger partial charge on any atom is -0.252 e. The molecule has 2 nitrogen and oxygen atoms in total. The van der Waals surface area contributed by atoms with Crippen LogP contribution in [0.5, 0.6) is 0 Å². The maximum absolute atomic E-state index is 5.31. The smallest absolute Gasteiger partial charge is 0.0789 e. The highest BCUT2D eigenvalue weighted by atomic mass is 14.8. The van der Waals surface area contributed by atoms with E-state index in [4.69, 9.17) is 9.98 Å². The molecular weight excluding hydrogens is 496 g/mol. The van der Waals surface area contributed by atoms with Crippen LogP contribution in [0.2, 0.25) is 0 Å². The number of benzene rings is 5. The Labute approximate surface area is 240 Å². The molecule has 0 radical (unpaired) electrons. The summed E-state index contributed by atoms with van der Waals surface area (Å²) in [5.74, 6) is 0.242. The number of para-hydroxylation sites is 1. The molecule has 0 N–H and O–H groups in total. The molecule has 1 aromatic heterocycles. The average Bonchev–Trinajstić information content (AvgIpc) is 3.41. The highest BCUT2D eigenvalue weighted by Gasteiger charge is 2.30. The third-order valence-electron chi connectivity index (χ3n) is 8.57. The molecule has 0 spiro atoms. The van der Waals surface area contributed by atoms with Crippen LogP contribution in [0.1, 0.15) is 35.2 Å². The first kappa shape index (κ1) is 23.8. The van der Waals surface area contributed by atoms with E-state index in [1.165, 1.54) is 60.8 Å². The van der Waals surface area contributed by atoms with Crippen molar-refractivity contribution in [1.29, 1.82) is 0 Å². The second-order valence-corrected chi connectivity index (χ2v) is 11.0. The van der Waals surface area contributed by atoms with Crippen molar-refractivity contribution in [3.8, 4) is 11.1 Å². The standard InChI is InChI=1S/C39H28N2/c1-25-30(21-22-34-33-17-9-10-18-37(33)41-38(25)34)31-15-7-6-14-28(31)23-29-24-36(26-11-3-2-4-12-26)35-20-19-27-13-5-8-16-32(27)39(35)40-29/h2-22,24,34H,23H2,1H3. The molecule has 2 heterocycles. The Morgan fingerprint density at radius 1 is 0.683 bits per heavy atom. The van der Waals surface area contributed by atoms with Gasteiger partial charge in [0.15, 0.2) is 0 Å². The van der Waals surface area contributed by atoms with Crippen LogP contribution in [0.25, 0.3) is 38.4 Å². The summed E-state index contributed by atoms with van der Waals surface area (Å²) < 4.78 is 0. The van der Waals surface area contributed by atoms with E-state index in [2.05, 4.69) is 140 Å². The zero-order valence-corrected chi connectivity index (χ0v) is 22.9. The Kier molecular flexibility index (Phi) is 5.53. The van der Waals surface area contributed by atoms with E-state index in [9.17, 15) is 0 Å². The van der Waals surface area contributed by atoms with Crippen LogP contribution in [0.15, 0.2) is 144 Å². The largest absolute Gasteiger partial charge is 0.252 e. The summed E-state index contributed by atoms with van der Waals surface area (Å²) in [7, 11) is 0. The normalized spacial score (nSPS) is 15.7. The van der Waals surface area contributed by atoms with Gasteiger partial charge in [-0.25, -0.2) is 0 Å². The fourth-order valence-electron chi connectivity index (χ4n) is 6.55. The van der Waals surface area contributed by atoms with Gasteiger partial charge in [-0.2, -0.15) is 0 Å². The second kappa shape index (κ2) is 9.53. The molecule has 0 saturated heterocycles. The van der Waals surface area contributed by atoms with Crippen LogP contribution in [-0.4, -0.2) is 10.7 Å². The third kappa shape index (κ3) is 3.95. The number of rotatable bonds is 4. The first-order chi connectivity index (χ1) is 20.2. The zero-order valence-electron chi connectivity index (χ0n) is 22.9. The van der Waals surface area contributed by atoms with Gasteiger partial charge in [0, 0.05) is 28.8 Å². The molecule has 0 bridgehead atoms. The van der Waals surface area contributed by atoms with Crippen molar-refractivity contribution in [2.24, 2.45) is 4.99 Å². The number of aromatic nitrogens is 1. The Balaban J connectivity index is 1.26. The van der Waals surface area contributed by atoms with Crippen molar-refractivity contribution in [3.05, 3.63) is 161 Å². The topological polar surface area (TPSA) is 25.2 Å². The quantitative estimate of drug-likeness (QED) is 0.211. The van der Waals surface area contributed by atoms with Gasteiger partial charge in [-0.3, -0.25) is 9.98 Å². The van der Waals surface area contributed by atoms with Gasteiger partial charge in [-0.05, 0) is 63.4 Å². The van der Waals surface area contributed by atoms with Gasteiger partial charge < -0.3 is 0 Å². The molecule has 5 aromatic carbocycles. The summed E-state index contributed by atoms with van der Waals surface area (Å²) in [4.78, 5) is 10.4. The van der Waals surface area contributed by atoms with Crippen LogP contribution in [0, 0.1) is 0 Å². The predicted molar refractivity (Wildman–Crippen MR) is 172 cm³/mol. The predicted octanol–water partition coefficient (Wildman–Crippen LogP) is 9.86. The van der Waals surface area contributed by atoms with Crippen molar-refractivity contribution in [1.82, 2.24) is 4.98 Å². The van der Waals surface area contributed by atoms with Crippen molar-refractivity contribution >= 4 is 38.6 Å². The maximum atomic E-state index is 5.31. The second-order valence-electron chi connectivity index (χ2n) is 11.0. The molecule has 1 unspecified atom stereocenters. The summed E-state index contributed by atoms with van der Waals surface area (Å²) in [5.41, 5.74) is 13.1. The lowest BCUT2D eigenvalue weighted by atomic mass is 9.82. The Morgan fingerprint density at radius 3 is 2.39 bits per heavy atom. The summed E-state index contributed by atoms with van der Waals surface area (Å²) in [6, 6.07) is 43.2. The van der Waals surface area contributed by atoms with Crippen molar-refractivity contribution in [3.63, 3.8) is 0 Å². The molecule has 0 amide bonds. The van der Waals surface area contributed by atoms with Crippen LogP contribution >= 0.6 is 0 Å². The van der Waals surface area contributed by atoms with Crippen LogP contribution in [0.3, 0.4) is 0 Å². The first-order valence-electron chi connectivity index (χ1n) is 14.3. The number of hydrogen-bond donors (Lipinski definition) is 0. The average molecular weight is 525 g/mol. The molecule has 0 fully saturated rings. The van der Waals surface area contributed by atoms with Crippen LogP contribution in [-0.2, 0) is 6.42 Å². The lowest BCUT2D eigenvalue weighted by molar-refractivity contribution is 1.09. The lowest BCUT2D eigenvalue weighted by Crippen LogP contribution is -2.13. The Bertz CT molecular complexity index is 2080. The van der Waals surface area contributed by atoms with Gasteiger partial charge in [0.25, 0.3) is 0 Å². The fourth-order valence-corrected chi connectivity index (χ4v) is 6.55. The molecule has 1 atom stereocenters. The maximum Gasteiger partial charge on any atom is 0.0789 e. The Hall–Kier alpha value is -5.08. The van der Waals surface area contributed by atoms with Gasteiger partial charge in [0.05, 0.1) is 16.9 Å². The number of allylic oxidation sites excluding steroid dienone is 4. The molecule has 6 aromatic rings. The molecule has 41 heavy (non-hydrogen) atoms. The molecule has 194 valence electrons. The molecule has 2 heteroatoms. The van der Waals surface area contributed by atoms with E-state index in [0.717, 1.165) is 23.3 Å². The summed E-state index contributed by atoms with van der Waals surface area (Å²) in [6.45, 7) is 2.22. The summed E-state index contributed by atoms with van der Waals surface area (Å²) in [5, 5.41) is 3.59. The number of nitrogens with zero attached hydrogens (tertiary/aromatic N) is 2.